The Kier molecular flexibility index (Phi) is 5.85. The third-order valence-corrected chi connectivity index (χ3v) is 8.07. The van der Waals surface area contributed by atoms with Crippen molar-refractivity contribution in [3.8, 4) is 0 Å². The van der Waals surface area contributed by atoms with Crippen LogP contribution < -0.4 is 5.32 Å². The second-order valence-corrected chi connectivity index (χ2v) is 9.85. The van der Waals surface area contributed by atoms with Crippen LogP contribution in [-0.4, -0.2) is 27.4 Å². The normalized spacial score (nSPS) is 24.9. The molecule has 0 radical (unpaired) electrons. The van der Waals surface area contributed by atoms with E-state index in [2.05, 4.69) is 10.5 Å². The summed E-state index contributed by atoms with van der Waals surface area (Å²) in [5.74, 6) is -1.77. The van der Waals surface area contributed by atoms with Gasteiger partial charge in [-0.3, -0.25) is 25.0 Å². The summed E-state index contributed by atoms with van der Waals surface area (Å²) < 4.78 is 13.3. The van der Waals surface area contributed by atoms with Crippen molar-refractivity contribution in [3.05, 3.63) is 74.1 Å². The third kappa shape index (κ3) is 3.78. The number of nitro groups is 2. The molecular weight excluding hydrogens is 475 g/mol. The average molecular weight is 498 g/mol. The first-order valence-corrected chi connectivity index (χ1v) is 11.1. The standard InChI is InChI=1S/C24H23FN4O7/c1-22(2)23(3)8-9-24(22,21(31)26-16-6-4-15(25)5-7-16)13-19(23)27-36-20(30)14-10-17(28(32)33)12-18(11-14)29(34)35/h4-7,10-12H,8-9,13H2,1-3H3,(H,26,31)/b27-19+. The highest BCUT2D eigenvalue weighted by Gasteiger charge is 2.71. The fraction of sp³-hybridized carbons (Fsp3) is 0.375. The summed E-state index contributed by atoms with van der Waals surface area (Å²) in [6.45, 7) is 5.81. The third-order valence-electron chi connectivity index (χ3n) is 8.07. The lowest BCUT2D eigenvalue weighted by molar-refractivity contribution is -0.394. The zero-order valence-electron chi connectivity index (χ0n) is 19.7. The highest BCUT2D eigenvalue weighted by atomic mass is 19.1. The molecule has 2 aliphatic carbocycles. The van der Waals surface area contributed by atoms with Gasteiger partial charge in [-0.2, -0.15) is 0 Å². The van der Waals surface area contributed by atoms with Crippen LogP contribution in [-0.2, 0) is 9.63 Å². The maximum Gasteiger partial charge on any atom is 0.366 e. The Morgan fingerprint density at radius 1 is 1.00 bits per heavy atom. The van der Waals surface area contributed by atoms with E-state index in [-0.39, 0.29) is 12.3 Å². The molecule has 2 aliphatic rings. The first-order valence-electron chi connectivity index (χ1n) is 11.1. The molecule has 0 aliphatic heterocycles. The molecule has 11 nitrogen and oxygen atoms in total. The van der Waals surface area contributed by atoms with Crippen molar-refractivity contribution in [2.24, 2.45) is 21.4 Å². The van der Waals surface area contributed by atoms with Crippen LogP contribution in [0.2, 0.25) is 0 Å². The average Bonchev–Trinajstić information content (AvgIpc) is 3.14. The lowest BCUT2D eigenvalue weighted by atomic mass is 9.64. The van der Waals surface area contributed by atoms with Gasteiger partial charge in [0.15, 0.2) is 0 Å². The van der Waals surface area contributed by atoms with Crippen molar-refractivity contribution in [3.63, 3.8) is 0 Å². The molecule has 1 amide bonds. The van der Waals surface area contributed by atoms with Crippen LogP contribution in [0.15, 0.2) is 47.6 Å². The number of rotatable bonds is 6. The Morgan fingerprint density at radius 2 is 1.58 bits per heavy atom. The summed E-state index contributed by atoms with van der Waals surface area (Å²) in [6.07, 6.45) is 1.36. The Bertz CT molecular complexity index is 1290. The second-order valence-electron chi connectivity index (χ2n) is 9.85. The zero-order chi connectivity index (χ0) is 26.5. The van der Waals surface area contributed by atoms with Gasteiger partial charge < -0.3 is 10.2 Å². The molecule has 2 saturated carbocycles. The fourth-order valence-corrected chi connectivity index (χ4v) is 5.38. The molecule has 0 spiro atoms. The van der Waals surface area contributed by atoms with Crippen molar-refractivity contribution >= 4 is 34.7 Å². The van der Waals surface area contributed by atoms with Gasteiger partial charge >= 0.3 is 5.97 Å². The minimum Gasteiger partial charge on any atom is -0.326 e. The van der Waals surface area contributed by atoms with Gasteiger partial charge in [0.2, 0.25) is 5.91 Å². The van der Waals surface area contributed by atoms with Crippen LogP contribution >= 0.6 is 0 Å². The van der Waals surface area contributed by atoms with Gasteiger partial charge in [0.05, 0.1) is 32.6 Å². The number of nitrogens with zero attached hydrogens (tertiary/aromatic N) is 3. The lowest BCUT2D eigenvalue weighted by Gasteiger charge is -2.39. The van der Waals surface area contributed by atoms with Crippen molar-refractivity contribution in [1.82, 2.24) is 0 Å². The van der Waals surface area contributed by atoms with Gasteiger partial charge in [-0.1, -0.05) is 25.9 Å². The molecule has 188 valence electrons. The molecule has 4 rings (SSSR count). The maximum atomic E-state index is 13.4. The summed E-state index contributed by atoms with van der Waals surface area (Å²) in [4.78, 5) is 51.7. The zero-order valence-corrected chi connectivity index (χ0v) is 19.7. The molecule has 12 heteroatoms. The SMILES string of the molecule is CC12CCC(C(=O)Nc3ccc(F)cc3)(C/C1=N\OC(=O)c1cc([N+](=O)[O-])cc([N+](=O)[O-])c1)C2(C)C. The van der Waals surface area contributed by atoms with Crippen molar-refractivity contribution in [2.45, 2.75) is 40.0 Å². The predicted molar refractivity (Wildman–Crippen MR) is 126 cm³/mol. The van der Waals surface area contributed by atoms with E-state index in [1.165, 1.54) is 24.3 Å². The van der Waals surface area contributed by atoms with E-state index < -0.39 is 54.8 Å². The van der Waals surface area contributed by atoms with Crippen LogP contribution in [0.4, 0.5) is 21.5 Å². The summed E-state index contributed by atoms with van der Waals surface area (Å²) in [5, 5.41) is 29.1. The molecule has 2 bridgehead atoms. The topological polar surface area (TPSA) is 154 Å². The largest absolute Gasteiger partial charge is 0.366 e. The number of carbonyl (C=O) groups excluding carboxylic acids is 2. The van der Waals surface area contributed by atoms with Gasteiger partial charge in [-0.15, -0.1) is 0 Å². The fourth-order valence-electron chi connectivity index (χ4n) is 5.38. The second kappa shape index (κ2) is 8.47. The van der Waals surface area contributed by atoms with Crippen LogP contribution in [0, 0.1) is 42.3 Å². The predicted octanol–water partition coefficient (Wildman–Crippen LogP) is 5.01. The summed E-state index contributed by atoms with van der Waals surface area (Å²) in [7, 11) is 0. The van der Waals surface area contributed by atoms with Gasteiger partial charge in [0, 0.05) is 29.7 Å². The van der Waals surface area contributed by atoms with Gasteiger partial charge in [-0.25, -0.2) is 9.18 Å². The Morgan fingerprint density at radius 3 is 2.14 bits per heavy atom. The molecule has 2 unspecified atom stereocenters. The molecule has 0 heterocycles. The molecular formula is C24H23FN4O7. The summed E-state index contributed by atoms with van der Waals surface area (Å²) in [6, 6.07) is 7.92. The summed E-state index contributed by atoms with van der Waals surface area (Å²) >= 11 is 0. The van der Waals surface area contributed by atoms with E-state index in [0.717, 1.165) is 18.2 Å². The van der Waals surface area contributed by atoms with Gasteiger partial charge in [0.25, 0.3) is 11.4 Å². The number of benzene rings is 2. The monoisotopic (exact) mass is 498 g/mol. The molecule has 0 aromatic heterocycles. The molecule has 36 heavy (non-hydrogen) atoms. The highest BCUT2D eigenvalue weighted by molar-refractivity contribution is 6.06. The van der Waals surface area contributed by atoms with Crippen LogP contribution in [0.1, 0.15) is 50.4 Å². The molecule has 2 aromatic rings. The molecule has 0 saturated heterocycles. The summed E-state index contributed by atoms with van der Waals surface area (Å²) in [5.41, 5.74) is -2.78. The minimum atomic E-state index is -1.09. The molecule has 2 aromatic carbocycles. The van der Waals surface area contributed by atoms with Gasteiger partial charge in [0.1, 0.15) is 5.82 Å². The Labute approximate surface area is 204 Å². The number of anilines is 1. The number of nitro benzene ring substituents is 2. The maximum absolute atomic E-state index is 13.4. The lowest BCUT2D eigenvalue weighted by Crippen LogP contribution is -2.43. The Balaban J connectivity index is 1.60. The number of hydrogen-bond donors (Lipinski definition) is 1. The number of non-ortho nitro benzene ring substituents is 2. The first-order chi connectivity index (χ1) is 16.8. The van der Waals surface area contributed by atoms with E-state index in [0.29, 0.717) is 24.2 Å². The van der Waals surface area contributed by atoms with Crippen LogP contribution in [0.3, 0.4) is 0 Å². The first kappa shape index (κ1) is 24.9. The number of carbonyl (C=O) groups is 2. The number of hydrogen-bond acceptors (Lipinski definition) is 8. The molecule has 1 N–H and O–H groups in total. The van der Waals surface area contributed by atoms with E-state index >= 15 is 0 Å². The Hall–Kier alpha value is -4.22. The quantitative estimate of drug-likeness (QED) is 0.333. The number of fused-ring (bicyclic) bond motifs is 2. The van der Waals surface area contributed by atoms with E-state index in [1.807, 2.05) is 20.8 Å². The highest BCUT2D eigenvalue weighted by Crippen LogP contribution is 2.71. The van der Waals surface area contributed by atoms with Crippen molar-refractivity contribution < 1.29 is 28.7 Å². The number of oxime groups is 1. The smallest absolute Gasteiger partial charge is 0.326 e. The van der Waals surface area contributed by atoms with Gasteiger partial charge in [-0.05, 0) is 42.5 Å². The van der Waals surface area contributed by atoms with Crippen LogP contribution in [0.5, 0.6) is 0 Å². The number of amides is 1. The van der Waals surface area contributed by atoms with E-state index in [1.54, 1.807) is 0 Å². The molecule has 2 fully saturated rings. The van der Waals surface area contributed by atoms with Crippen molar-refractivity contribution in [2.75, 3.05) is 5.32 Å². The van der Waals surface area contributed by atoms with Crippen LogP contribution in [0.25, 0.3) is 0 Å². The van der Waals surface area contributed by atoms with E-state index in [9.17, 15) is 34.2 Å². The number of halogens is 1. The minimum absolute atomic E-state index is 0.200. The number of nitrogens with one attached hydrogen (secondary N) is 1. The molecule has 2 atom stereocenters. The van der Waals surface area contributed by atoms with E-state index in [4.69, 9.17) is 4.84 Å². The van der Waals surface area contributed by atoms with Crippen molar-refractivity contribution in [1.29, 1.82) is 0 Å².